The molecule has 0 saturated carbocycles. The molecule has 0 spiro atoms. The number of carbonyl (C=O) groups excluding carboxylic acids is 3. The first kappa shape index (κ1) is 22.4. The molecule has 0 aliphatic carbocycles. The molecule has 2 aliphatic rings. The molecule has 1 aromatic carbocycles. The third-order valence-corrected chi connectivity index (χ3v) is 7.28. The number of aromatic nitrogens is 2. The molecule has 2 fully saturated rings. The molecule has 2 aliphatic heterocycles. The van der Waals surface area contributed by atoms with E-state index in [9.17, 15) is 14.4 Å². The average Bonchev–Trinajstić information content (AvgIpc) is 3.45. The van der Waals surface area contributed by atoms with Crippen molar-refractivity contribution in [2.45, 2.75) is 31.3 Å². The van der Waals surface area contributed by atoms with Gasteiger partial charge >= 0.3 is 0 Å². The summed E-state index contributed by atoms with van der Waals surface area (Å²) in [6.07, 6.45) is 4.16. The summed E-state index contributed by atoms with van der Waals surface area (Å²) in [7, 11) is 3.66. The first-order valence-electron chi connectivity index (χ1n) is 10.9. The molecule has 1 N–H and O–H groups in total. The van der Waals surface area contributed by atoms with Gasteiger partial charge in [-0.1, -0.05) is 42.1 Å². The number of likely N-dealkylation sites (tertiary alicyclic amines) is 1. The van der Waals surface area contributed by atoms with Crippen molar-refractivity contribution >= 4 is 28.8 Å². The Balaban J connectivity index is 1.46. The molecule has 0 bridgehead atoms. The lowest BCUT2D eigenvalue weighted by Gasteiger charge is -2.40. The van der Waals surface area contributed by atoms with E-state index in [1.54, 1.807) is 24.0 Å². The number of thioether (sulfide) groups is 1. The SMILES string of the molecule is CN(C(=O)c1ccn(C)n1)[C@H](Cc1ccccc1)C1CCN(C(=O)[C@@H]2CSC(=O)N2)CC1. The van der Waals surface area contributed by atoms with Gasteiger partial charge in [0.2, 0.25) is 5.91 Å². The Morgan fingerprint density at radius 3 is 2.53 bits per heavy atom. The number of benzene rings is 1. The fourth-order valence-electron chi connectivity index (χ4n) is 4.58. The lowest BCUT2D eigenvalue weighted by atomic mass is 9.84. The maximum Gasteiger partial charge on any atom is 0.279 e. The van der Waals surface area contributed by atoms with Crippen LogP contribution in [0, 0.1) is 5.92 Å². The van der Waals surface area contributed by atoms with Crippen LogP contribution in [0.2, 0.25) is 0 Å². The molecule has 170 valence electrons. The summed E-state index contributed by atoms with van der Waals surface area (Å²) in [5.41, 5.74) is 1.62. The smallest absolute Gasteiger partial charge is 0.279 e. The summed E-state index contributed by atoms with van der Waals surface area (Å²) >= 11 is 1.16. The van der Waals surface area contributed by atoms with Gasteiger partial charge in [0.15, 0.2) is 0 Å². The quantitative estimate of drug-likeness (QED) is 0.721. The lowest BCUT2D eigenvalue weighted by molar-refractivity contribution is -0.134. The molecule has 3 heterocycles. The van der Waals surface area contributed by atoms with Crippen molar-refractivity contribution in [2.75, 3.05) is 25.9 Å². The molecular weight excluding hydrogens is 426 g/mol. The molecule has 4 rings (SSSR count). The van der Waals surface area contributed by atoms with Gasteiger partial charge in [-0.05, 0) is 36.8 Å². The van der Waals surface area contributed by atoms with Crippen molar-refractivity contribution in [1.82, 2.24) is 24.9 Å². The van der Waals surface area contributed by atoms with Gasteiger partial charge in [0, 0.05) is 45.2 Å². The third-order valence-electron chi connectivity index (χ3n) is 6.40. The van der Waals surface area contributed by atoms with Gasteiger partial charge in [-0.2, -0.15) is 5.10 Å². The largest absolute Gasteiger partial charge is 0.341 e. The number of hydrogen-bond acceptors (Lipinski definition) is 5. The van der Waals surface area contributed by atoms with E-state index in [0.717, 1.165) is 31.0 Å². The summed E-state index contributed by atoms with van der Waals surface area (Å²) < 4.78 is 1.64. The van der Waals surface area contributed by atoms with E-state index in [2.05, 4.69) is 22.5 Å². The number of piperidine rings is 1. The van der Waals surface area contributed by atoms with Gasteiger partial charge in [-0.15, -0.1) is 0 Å². The summed E-state index contributed by atoms with van der Waals surface area (Å²) in [4.78, 5) is 41.0. The number of hydrogen-bond donors (Lipinski definition) is 1. The highest BCUT2D eigenvalue weighted by atomic mass is 32.2. The van der Waals surface area contributed by atoms with E-state index in [-0.39, 0.29) is 29.0 Å². The van der Waals surface area contributed by atoms with E-state index in [4.69, 9.17) is 0 Å². The minimum absolute atomic E-state index is 0.000624. The summed E-state index contributed by atoms with van der Waals surface area (Å²) in [5.74, 6) is 0.676. The van der Waals surface area contributed by atoms with E-state index in [1.165, 1.54) is 5.56 Å². The Morgan fingerprint density at radius 1 is 1.22 bits per heavy atom. The van der Waals surface area contributed by atoms with Crippen LogP contribution in [0.1, 0.15) is 28.9 Å². The van der Waals surface area contributed by atoms with Crippen LogP contribution in [0.3, 0.4) is 0 Å². The van der Waals surface area contributed by atoms with Crippen LogP contribution in [0.15, 0.2) is 42.6 Å². The summed E-state index contributed by atoms with van der Waals surface area (Å²) in [6.45, 7) is 1.27. The zero-order chi connectivity index (χ0) is 22.7. The molecule has 9 heteroatoms. The standard InChI is InChI=1S/C23H29N5O3S/c1-26-11-10-18(25-26)21(29)27(2)20(14-16-6-4-3-5-7-16)17-8-12-28(13-9-17)22(30)19-15-32-23(31)24-19/h3-7,10-11,17,19-20H,8-9,12-15H2,1-2H3,(H,24,31)/t19-,20+/m0/s1. The van der Waals surface area contributed by atoms with Crippen LogP contribution < -0.4 is 5.32 Å². The van der Waals surface area contributed by atoms with Crippen molar-refractivity contribution in [3.05, 3.63) is 53.9 Å². The average molecular weight is 456 g/mol. The fraction of sp³-hybridized carbons (Fsp3) is 0.478. The third kappa shape index (κ3) is 4.98. The number of nitrogens with one attached hydrogen (secondary N) is 1. The monoisotopic (exact) mass is 455 g/mol. The zero-order valence-electron chi connectivity index (χ0n) is 18.4. The van der Waals surface area contributed by atoms with E-state index >= 15 is 0 Å². The maximum atomic E-state index is 13.2. The zero-order valence-corrected chi connectivity index (χ0v) is 19.3. The Kier molecular flexibility index (Phi) is 6.83. The molecule has 0 radical (unpaired) electrons. The molecule has 3 amide bonds. The van der Waals surface area contributed by atoms with Crippen molar-refractivity contribution in [1.29, 1.82) is 0 Å². The predicted octanol–water partition coefficient (Wildman–Crippen LogP) is 2.17. The van der Waals surface area contributed by atoms with Crippen molar-refractivity contribution in [3.8, 4) is 0 Å². The number of likely N-dealkylation sites (N-methyl/N-ethyl adjacent to an activating group) is 1. The topological polar surface area (TPSA) is 87.5 Å². The Labute approximate surface area is 192 Å². The fourth-order valence-corrected chi connectivity index (χ4v) is 5.35. The number of rotatable bonds is 6. The molecule has 2 atom stereocenters. The van der Waals surface area contributed by atoms with Crippen molar-refractivity contribution < 1.29 is 14.4 Å². The highest BCUT2D eigenvalue weighted by Crippen LogP contribution is 2.28. The molecular formula is C23H29N5O3S. The number of carbonyl (C=O) groups is 3. The van der Waals surface area contributed by atoms with E-state index in [1.807, 2.05) is 35.0 Å². The second-order valence-corrected chi connectivity index (χ2v) is 9.50. The minimum Gasteiger partial charge on any atom is -0.341 e. The Hall–Kier alpha value is -2.81. The van der Waals surface area contributed by atoms with Gasteiger partial charge in [-0.25, -0.2) is 0 Å². The van der Waals surface area contributed by atoms with Crippen LogP contribution >= 0.6 is 11.8 Å². The van der Waals surface area contributed by atoms with Crippen LogP contribution in [0.5, 0.6) is 0 Å². The van der Waals surface area contributed by atoms with Gasteiger partial charge in [0.05, 0.1) is 0 Å². The normalized spacial score (nSPS) is 20.1. The molecule has 2 saturated heterocycles. The van der Waals surface area contributed by atoms with Crippen LogP contribution in [-0.4, -0.2) is 74.6 Å². The van der Waals surface area contributed by atoms with E-state index < -0.39 is 6.04 Å². The summed E-state index contributed by atoms with van der Waals surface area (Å²) in [6, 6.07) is 11.5. The van der Waals surface area contributed by atoms with Gasteiger partial charge < -0.3 is 15.1 Å². The van der Waals surface area contributed by atoms with Crippen LogP contribution in [0.25, 0.3) is 0 Å². The number of amides is 3. The van der Waals surface area contributed by atoms with Gasteiger partial charge in [0.1, 0.15) is 11.7 Å². The van der Waals surface area contributed by atoms with Crippen molar-refractivity contribution in [2.24, 2.45) is 13.0 Å². The first-order chi connectivity index (χ1) is 15.4. The molecule has 32 heavy (non-hydrogen) atoms. The molecule has 0 unspecified atom stereocenters. The number of nitrogens with zero attached hydrogens (tertiary/aromatic N) is 4. The van der Waals surface area contributed by atoms with Gasteiger partial charge in [-0.3, -0.25) is 19.1 Å². The van der Waals surface area contributed by atoms with Crippen LogP contribution in [0.4, 0.5) is 4.79 Å². The Bertz CT molecular complexity index is 971. The number of aryl methyl sites for hydroxylation is 1. The van der Waals surface area contributed by atoms with Crippen LogP contribution in [-0.2, 0) is 18.3 Å². The second kappa shape index (κ2) is 9.77. The van der Waals surface area contributed by atoms with Gasteiger partial charge in [0.25, 0.3) is 11.1 Å². The molecule has 1 aromatic heterocycles. The lowest BCUT2D eigenvalue weighted by Crippen LogP contribution is -2.52. The molecule has 8 nitrogen and oxygen atoms in total. The highest BCUT2D eigenvalue weighted by Gasteiger charge is 2.36. The predicted molar refractivity (Wildman–Crippen MR) is 123 cm³/mol. The second-order valence-electron chi connectivity index (χ2n) is 8.51. The first-order valence-corrected chi connectivity index (χ1v) is 11.9. The summed E-state index contributed by atoms with van der Waals surface area (Å²) in [5, 5.41) is 6.90. The maximum absolute atomic E-state index is 13.2. The minimum atomic E-state index is -0.419. The van der Waals surface area contributed by atoms with E-state index in [0.29, 0.717) is 24.5 Å². The molecule has 2 aromatic rings. The highest BCUT2D eigenvalue weighted by molar-refractivity contribution is 8.14. The Morgan fingerprint density at radius 2 is 1.94 bits per heavy atom. The van der Waals surface area contributed by atoms with Crippen molar-refractivity contribution in [3.63, 3.8) is 0 Å².